The third kappa shape index (κ3) is 3.97. The highest BCUT2D eigenvalue weighted by Crippen LogP contribution is 2.22. The molecule has 0 saturated carbocycles. The fraction of sp³-hybridized carbons (Fsp3) is 0.500. The third-order valence-electron chi connectivity index (χ3n) is 3.33. The fourth-order valence-corrected chi connectivity index (χ4v) is 2.41. The summed E-state index contributed by atoms with van der Waals surface area (Å²) in [6, 6.07) is 6.02. The van der Waals surface area contributed by atoms with E-state index in [9.17, 15) is 0 Å². The first-order valence-electron chi connectivity index (χ1n) is 6.92. The van der Waals surface area contributed by atoms with Gasteiger partial charge in [0.25, 0.3) is 0 Å². The molecular weight excluding hydrogens is 252 g/mol. The number of methoxy groups -OCH3 is 1. The summed E-state index contributed by atoms with van der Waals surface area (Å²) in [6.45, 7) is 6.02. The van der Waals surface area contributed by atoms with Gasteiger partial charge in [0.1, 0.15) is 5.75 Å². The van der Waals surface area contributed by atoms with Gasteiger partial charge in [-0.2, -0.15) is 0 Å². The Morgan fingerprint density at radius 1 is 1.50 bits per heavy atom. The van der Waals surface area contributed by atoms with Crippen LogP contribution in [0.3, 0.4) is 0 Å². The highest BCUT2D eigenvalue weighted by Gasteiger charge is 2.18. The lowest BCUT2D eigenvalue weighted by Crippen LogP contribution is -2.40. The molecule has 0 spiro atoms. The molecule has 4 nitrogen and oxygen atoms in total. The second-order valence-electron chi connectivity index (χ2n) is 4.95. The van der Waals surface area contributed by atoms with Gasteiger partial charge in [0.2, 0.25) is 0 Å². The van der Waals surface area contributed by atoms with E-state index in [1.807, 2.05) is 12.1 Å². The molecular formula is C16H22N2O2. The molecule has 1 aliphatic rings. The SMILES string of the molecule is COc1ccc(C#CCN)cc1CN1CCOC(C)C1. The fourth-order valence-electron chi connectivity index (χ4n) is 2.41. The summed E-state index contributed by atoms with van der Waals surface area (Å²) in [4.78, 5) is 2.38. The molecule has 0 amide bonds. The van der Waals surface area contributed by atoms with Crippen molar-refractivity contribution in [3.63, 3.8) is 0 Å². The summed E-state index contributed by atoms with van der Waals surface area (Å²) < 4.78 is 11.0. The molecule has 0 aliphatic carbocycles. The molecule has 2 N–H and O–H groups in total. The van der Waals surface area contributed by atoms with Crippen molar-refractivity contribution in [2.75, 3.05) is 33.4 Å². The van der Waals surface area contributed by atoms with E-state index in [4.69, 9.17) is 15.2 Å². The first-order valence-corrected chi connectivity index (χ1v) is 6.92. The van der Waals surface area contributed by atoms with Gasteiger partial charge in [0.05, 0.1) is 26.4 Å². The molecule has 0 aromatic heterocycles. The summed E-state index contributed by atoms with van der Waals surface area (Å²) in [5.41, 5.74) is 7.55. The molecule has 2 rings (SSSR count). The Bertz CT molecular complexity index is 505. The molecule has 1 aromatic rings. The van der Waals surface area contributed by atoms with Crippen LogP contribution >= 0.6 is 0 Å². The summed E-state index contributed by atoms with van der Waals surface area (Å²) in [5.74, 6) is 6.86. The zero-order chi connectivity index (χ0) is 14.4. The van der Waals surface area contributed by atoms with E-state index >= 15 is 0 Å². The second-order valence-corrected chi connectivity index (χ2v) is 4.95. The van der Waals surface area contributed by atoms with E-state index in [1.165, 1.54) is 0 Å². The van der Waals surface area contributed by atoms with Crippen LogP contribution in [0.5, 0.6) is 5.75 Å². The number of nitrogens with zero attached hydrogens (tertiary/aromatic N) is 1. The minimum absolute atomic E-state index is 0.287. The Hall–Kier alpha value is -1.54. The number of hydrogen-bond acceptors (Lipinski definition) is 4. The molecule has 4 heteroatoms. The van der Waals surface area contributed by atoms with E-state index in [0.717, 1.165) is 43.1 Å². The van der Waals surface area contributed by atoms with Crippen molar-refractivity contribution in [1.82, 2.24) is 4.90 Å². The zero-order valence-electron chi connectivity index (χ0n) is 12.2. The monoisotopic (exact) mass is 274 g/mol. The van der Waals surface area contributed by atoms with Crippen molar-refractivity contribution in [3.8, 4) is 17.6 Å². The topological polar surface area (TPSA) is 47.7 Å². The van der Waals surface area contributed by atoms with Crippen LogP contribution in [0.15, 0.2) is 18.2 Å². The molecule has 1 unspecified atom stereocenters. The molecule has 1 aromatic carbocycles. The number of ether oxygens (including phenoxy) is 2. The lowest BCUT2D eigenvalue weighted by atomic mass is 10.1. The van der Waals surface area contributed by atoms with Gasteiger partial charge in [0.15, 0.2) is 0 Å². The van der Waals surface area contributed by atoms with Crippen LogP contribution in [0.1, 0.15) is 18.1 Å². The number of rotatable bonds is 3. The van der Waals surface area contributed by atoms with Gasteiger partial charge in [0, 0.05) is 30.8 Å². The molecule has 20 heavy (non-hydrogen) atoms. The van der Waals surface area contributed by atoms with Crippen molar-refractivity contribution in [2.45, 2.75) is 19.6 Å². The Balaban J connectivity index is 2.15. The van der Waals surface area contributed by atoms with Gasteiger partial charge in [-0.15, -0.1) is 0 Å². The molecule has 1 heterocycles. The van der Waals surface area contributed by atoms with Gasteiger partial charge >= 0.3 is 0 Å². The van der Waals surface area contributed by atoms with Crippen LogP contribution in [0, 0.1) is 11.8 Å². The Kier molecular flexibility index (Phi) is 5.42. The maximum absolute atomic E-state index is 5.57. The highest BCUT2D eigenvalue weighted by molar-refractivity contribution is 5.44. The van der Waals surface area contributed by atoms with Crippen molar-refractivity contribution in [1.29, 1.82) is 0 Å². The van der Waals surface area contributed by atoms with Crippen molar-refractivity contribution in [3.05, 3.63) is 29.3 Å². The predicted molar refractivity (Wildman–Crippen MR) is 79.6 cm³/mol. The summed E-state index contributed by atoms with van der Waals surface area (Å²) in [5, 5.41) is 0. The average Bonchev–Trinajstić information content (AvgIpc) is 2.45. The maximum Gasteiger partial charge on any atom is 0.123 e. The molecule has 1 saturated heterocycles. The van der Waals surface area contributed by atoms with Crippen molar-refractivity contribution in [2.24, 2.45) is 5.73 Å². The second kappa shape index (κ2) is 7.30. The van der Waals surface area contributed by atoms with Gasteiger partial charge in [-0.1, -0.05) is 11.8 Å². The van der Waals surface area contributed by atoms with E-state index in [2.05, 4.69) is 29.7 Å². The largest absolute Gasteiger partial charge is 0.496 e. The molecule has 108 valence electrons. The van der Waals surface area contributed by atoms with E-state index in [0.29, 0.717) is 6.54 Å². The van der Waals surface area contributed by atoms with Crippen LogP contribution in [0.2, 0.25) is 0 Å². The molecule has 0 radical (unpaired) electrons. The van der Waals surface area contributed by atoms with E-state index in [1.54, 1.807) is 7.11 Å². The maximum atomic E-state index is 5.57. The van der Waals surface area contributed by atoms with Crippen LogP contribution in [-0.2, 0) is 11.3 Å². The van der Waals surface area contributed by atoms with E-state index < -0.39 is 0 Å². The molecule has 1 aliphatic heterocycles. The van der Waals surface area contributed by atoms with E-state index in [-0.39, 0.29) is 6.10 Å². The highest BCUT2D eigenvalue weighted by atomic mass is 16.5. The standard InChI is InChI=1S/C16H22N2O2/c1-13-11-18(8-9-20-13)12-15-10-14(4-3-7-17)5-6-16(15)19-2/h5-6,10,13H,7-9,11-12,17H2,1-2H3. The van der Waals surface area contributed by atoms with Gasteiger partial charge < -0.3 is 15.2 Å². The number of benzene rings is 1. The van der Waals surface area contributed by atoms with Crippen LogP contribution in [0.4, 0.5) is 0 Å². The Morgan fingerprint density at radius 2 is 2.35 bits per heavy atom. The first-order chi connectivity index (χ1) is 9.72. The average molecular weight is 274 g/mol. The predicted octanol–water partition coefficient (Wildman–Crippen LogP) is 1.23. The first kappa shape index (κ1) is 14.9. The van der Waals surface area contributed by atoms with Gasteiger partial charge in [-0.3, -0.25) is 4.90 Å². The lowest BCUT2D eigenvalue weighted by molar-refractivity contribution is -0.0213. The molecule has 1 atom stereocenters. The van der Waals surface area contributed by atoms with Crippen LogP contribution in [-0.4, -0.2) is 44.4 Å². The smallest absolute Gasteiger partial charge is 0.123 e. The molecule has 0 bridgehead atoms. The minimum Gasteiger partial charge on any atom is -0.496 e. The zero-order valence-corrected chi connectivity index (χ0v) is 12.2. The van der Waals surface area contributed by atoms with Gasteiger partial charge in [-0.05, 0) is 25.1 Å². The third-order valence-corrected chi connectivity index (χ3v) is 3.33. The Labute approximate surface area is 120 Å². The van der Waals surface area contributed by atoms with Crippen LogP contribution in [0.25, 0.3) is 0 Å². The summed E-state index contributed by atoms with van der Waals surface area (Å²) in [6.07, 6.45) is 0.287. The molecule has 1 fully saturated rings. The summed E-state index contributed by atoms with van der Waals surface area (Å²) >= 11 is 0. The number of nitrogens with two attached hydrogens (primary N) is 1. The van der Waals surface area contributed by atoms with Crippen LogP contribution < -0.4 is 10.5 Å². The van der Waals surface area contributed by atoms with Gasteiger partial charge in [-0.25, -0.2) is 0 Å². The van der Waals surface area contributed by atoms with Crippen molar-refractivity contribution < 1.29 is 9.47 Å². The number of hydrogen-bond donors (Lipinski definition) is 1. The number of morpholine rings is 1. The Morgan fingerprint density at radius 3 is 3.05 bits per heavy atom. The quantitative estimate of drug-likeness (QED) is 0.842. The minimum atomic E-state index is 0.287. The van der Waals surface area contributed by atoms with Crippen molar-refractivity contribution >= 4 is 0 Å². The normalized spacial score (nSPS) is 19.2. The lowest BCUT2D eigenvalue weighted by Gasteiger charge is -2.31. The summed E-state index contributed by atoms with van der Waals surface area (Å²) in [7, 11) is 1.70.